The second-order valence-corrected chi connectivity index (χ2v) is 13.0. The number of nitrogen functional groups attached to an aromatic ring is 1. The lowest BCUT2D eigenvalue weighted by atomic mass is 9.98. The van der Waals surface area contributed by atoms with Gasteiger partial charge in [0.25, 0.3) is 22.1 Å². The summed E-state index contributed by atoms with van der Waals surface area (Å²) < 4.78 is 35.4. The van der Waals surface area contributed by atoms with Crippen molar-refractivity contribution in [1.29, 1.82) is 0 Å². The fourth-order valence-corrected chi connectivity index (χ4v) is 6.48. The van der Waals surface area contributed by atoms with E-state index in [9.17, 15) is 22.8 Å². The number of amides is 3. The molecule has 3 aliphatic rings. The highest BCUT2D eigenvalue weighted by Crippen LogP contribution is 2.27. The van der Waals surface area contributed by atoms with E-state index in [0.29, 0.717) is 13.1 Å². The highest BCUT2D eigenvalue weighted by atomic mass is 32.2. The summed E-state index contributed by atoms with van der Waals surface area (Å²) in [4.78, 5) is 59.7. The van der Waals surface area contributed by atoms with Crippen LogP contribution in [0.5, 0.6) is 0 Å². The molecule has 20 heteroatoms. The number of ether oxygens (including phenoxy) is 1. The normalized spacial score (nSPS) is 19.3. The molecule has 8 N–H and O–H groups in total. The Morgan fingerprint density at radius 3 is 2.47 bits per heavy atom. The molecule has 1 aromatic rings. The van der Waals surface area contributed by atoms with Crippen molar-refractivity contribution in [3.05, 3.63) is 18.1 Å². The third kappa shape index (κ3) is 12.5. The van der Waals surface area contributed by atoms with Crippen LogP contribution < -0.4 is 26.9 Å². The molecule has 3 amide bonds. The van der Waals surface area contributed by atoms with Crippen molar-refractivity contribution in [2.24, 2.45) is 16.9 Å². The first kappa shape index (κ1) is 37.3. The largest absolute Gasteiger partial charge is 0.481 e. The van der Waals surface area contributed by atoms with Crippen LogP contribution in [-0.2, 0) is 29.3 Å². The number of morpholine rings is 1. The van der Waals surface area contributed by atoms with E-state index in [0.717, 1.165) is 39.2 Å². The molecule has 2 saturated heterocycles. The average Bonchev–Trinajstić information content (AvgIpc) is 3.88. The second kappa shape index (κ2) is 18.3. The molecule has 3 fully saturated rings. The molecule has 4 rings (SSSR count). The zero-order chi connectivity index (χ0) is 34.4. The number of aliphatic carboxylic acids is 1. The molecule has 0 radical (unpaired) electrons. The van der Waals surface area contributed by atoms with Gasteiger partial charge < -0.3 is 41.9 Å². The van der Waals surface area contributed by atoms with E-state index in [2.05, 4.69) is 30.4 Å². The maximum absolute atomic E-state index is 13.8. The number of nitrogens with one attached hydrogen (secondary N) is 3. The van der Waals surface area contributed by atoms with Gasteiger partial charge in [-0.05, 0) is 31.6 Å². The summed E-state index contributed by atoms with van der Waals surface area (Å²) >= 11 is 0. The summed E-state index contributed by atoms with van der Waals surface area (Å²) in [7, 11) is -4.09. The number of likely N-dealkylation sites (tertiary alicyclic amines) is 1. The van der Waals surface area contributed by atoms with Crippen molar-refractivity contribution in [1.82, 2.24) is 39.4 Å². The van der Waals surface area contributed by atoms with Crippen molar-refractivity contribution in [3.63, 3.8) is 0 Å². The van der Waals surface area contributed by atoms with Crippen molar-refractivity contribution in [3.8, 4) is 0 Å². The lowest BCUT2D eigenvalue weighted by Gasteiger charge is -2.32. The van der Waals surface area contributed by atoms with Crippen LogP contribution in [0.4, 0.5) is 5.82 Å². The Kier molecular flexibility index (Phi) is 14.5. The predicted molar refractivity (Wildman–Crippen MR) is 170 cm³/mol. The number of carboxylic acids is 1. The minimum Gasteiger partial charge on any atom is -0.481 e. The first-order chi connectivity index (χ1) is 22.4. The SMILES string of the molecule is CC(=O)O.NN=CN1CCC[C@@H](CNC(=O)C[C@H](NS(=O)(=O)N2CCOCC2)C(=O)N(CCNC(=O)c2nccnc2N)C2CC2)C1. The van der Waals surface area contributed by atoms with Gasteiger partial charge in [-0.3, -0.25) is 19.2 Å². The summed E-state index contributed by atoms with van der Waals surface area (Å²) in [6.45, 7) is 3.86. The highest BCUT2D eigenvalue weighted by molar-refractivity contribution is 7.87. The molecule has 0 spiro atoms. The predicted octanol–water partition coefficient (Wildman–Crippen LogP) is -2.47. The Labute approximate surface area is 273 Å². The van der Waals surface area contributed by atoms with Crippen LogP contribution >= 0.6 is 0 Å². The molecule has 1 aliphatic carbocycles. The van der Waals surface area contributed by atoms with Gasteiger partial charge in [-0.15, -0.1) is 0 Å². The Hall–Kier alpha value is -4.14. The van der Waals surface area contributed by atoms with Gasteiger partial charge in [-0.2, -0.15) is 22.5 Å². The molecule has 19 nitrogen and oxygen atoms in total. The van der Waals surface area contributed by atoms with Crippen LogP contribution in [0.2, 0.25) is 0 Å². The minimum absolute atomic E-state index is 0.0211. The lowest BCUT2D eigenvalue weighted by Crippen LogP contribution is -2.56. The highest BCUT2D eigenvalue weighted by Gasteiger charge is 2.39. The number of hydrogen-bond acceptors (Lipinski definition) is 12. The van der Waals surface area contributed by atoms with E-state index in [1.807, 2.05) is 4.90 Å². The molecule has 1 aromatic heterocycles. The Balaban J connectivity index is 0.00000142. The van der Waals surface area contributed by atoms with E-state index in [-0.39, 0.29) is 69.3 Å². The number of nitrogens with zero attached hydrogens (tertiary/aromatic N) is 6. The number of anilines is 1. The second-order valence-electron chi connectivity index (χ2n) is 11.3. The Morgan fingerprint density at radius 2 is 1.83 bits per heavy atom. The van der Waals surface area contributed by atoms with Gasteiger partial charge in [0.1, 0.15) is 12.4 Å². The van der Waals surface area contributed by atoms with Gasteiger partial charge in [0.15, 0.2) is 11.5 Å². The van der Waals surface area contributed by atoms with Crippen LogP contribution in [-0.4, -0.2) is 139 Å². The molecule has 0 unspecified atom stereocenters. The van der Waals surface area contributed by atoms with Gasteiger partial charge in [0.2, 0.25) is 11.8 Å². The molecule has 0 bridgehead atoms. The van der Waals surface area contributed by atoms with Crippen molar-refractivity contribution < 1.29 is 37.4 Å². The number of carboxylic acid groups (broad SMARTS) is 1. The molecule has 0 aromatic carbocycles. The standard InChI is InChI=1S/C25H41N11O6S.C2H4O2/c26-23-22(28-5-6-29-23)24(38)30-7-9-36(19-3-4-19)25(39)20(33-43(40,41)35-10-12-42-13-11-35)14-21(37)31-15-18-2-1-8-34(16-18)17-32-27;1-2(3)4/h5-6,17-20,33H,1-4,7-16,27H2,(H2,26,29)(H,30,38)(H,31,37);1H3,(H,3,4)/t18-,20-;/m0./s1. The number of carbonyl (C=O) groups excluding carboxylic acids is 3. The lowest BCUT2D eigenvalue weighted by molar-refractivity contribution is -0.136. The van der Waals surface area contributed by atoms with E-state index in [1.165, 1.54) is 21.6 Å². The van der Waals surface area contributed by atoms with Gasteiger partial charge in [0, 0.05) is 71.2 Å². The van der Waals surface area contributed by atoms with Crippen LogP contribution in [0.3, 0.4) is 0 Å². The van der Waals surface area contributed by atoms with Crippen LogP contribution in [0.15, 0.2) is 17.5 Å². The average molecular weight is 684 g/mol. The fourth-order valence-electron chi connectivity index (χ4n) is 5.16. The number of carbonyl (C=O) groups is 4. The van der Waals surface area contributed by atoms with Gasteiger partial charge in [0.05, 0.1) is 19.6 Å². The number of hydrogen-bond donors (Lipinski definition) is 6. The molecular formula is C27H45N11O8S. The fraction of sp³-hybridized carbons (Fsp3) is 0.667. The summed E-state index contributed by atoms with van der Waals surface area (Å²) in [5.74, 6) is 3.04. The molecule has 262 valence electrons. The molecule has 3 heterocycles. The molecule has 2 atom stereocenters. The van der Waals surface area contributed by atoms with Gasteiger partial charge >= 0.3 is 0 Å². The third-order valence-electron chi connectivity index (χ3n) is 7.51. The molecule has 47 heavy (non-hydrogen) atoms. The Bertz CT molecular complexity index is 1350. The van der Waals surface area contributed by atoms with Crippen LogP contribution in [0.1, 0.15) is 49.5 Å². The van der Waals surface area contributed by atoms with Gasteiger partial charge in [-0.25, -0.2) is 9.97 Å². The van der Waals surface area contributed by atoms with Crippen molar-refractivity contribution in [2.45, 2.75) is 51.1 Å². The molecule has 2 aliphatic heterocycles. The summed E-state index contributed by atoms with van der Waals surface area (Å²) in [5, 5.41) is 16.5. The number of aromatic nitrogens is 2. The Morgan fingerprint density at radius 1 is 1.15 bits per heavy atom. The summed E-state index contributed by atoms with van der Waals surface area (Å²) in [5.41, 5.74) is 5.70. The maximum Gasteiger partial charge on any atom is 0.300 e. The summed E-state index contributed by atoms with van der Waals surface area (Å²) in [6, 6.07) is -1.46. The molecule has 1 saturated carbocycles. The molecular weight excluding hydrogens is 638 g/mol. The number of piperidine rings is 1. The first-order valence-electron chi connectivity index (χ1n) is 15.3. The van der Waals surface area contributed by atoms with Crippen molar-refractivity contribution in [2.75, 3.05) is 64.8 Å². The summed E-state index contributed by atoms with van der Waals surface area (Å²) in [6.07, 6.45) is 7.20. The monoisotopic (exact) mass is 683 g/mol. The minimum atomic E-state index is -4.09. The van der Waals surface area contributed by atoms with Crippen LogP contribution in [0, 0.1) is 5.92 Å². The number of nitrogens with two attached hydrogens (primary N) is 2. The topological polar surface area (TPSA) is 268 Å². The van der Waals surface area contributed by atoms with E-state index in [4.69, 9.17) is 26.2 Å². The zero-order valence-electron chi connectivity index (χ0n) is 26.4. The van der Waals surface area contributed by atoms with E-state index >= 15 is 0 Å². The van der Waals surface area contributed by atoms with Crippen LogP contribution in [0.25, 0.3) is 0 Å². The first-order valence-corrected chi connectivity index (χ1v) is 16.8. The van der Waals surface area contributed by atoms with E-state index < -0.39 is 39.9 Å². The maximum atomic E-state index is 13.8. The van der Waals surface area contributed by atoms with E-state index in [1.54, 1.807) is 6.34 Å². The van der Waals surface area contributed by atoms with Crippen molar-refractivity contribution >= 4 is 46.1 Å². The van der Waals surface area contributed by atoms with Gasteiger partial charge in [-0.1, -0.05) is 0 Å². The zero-order valence-corrected chi connectivity index (χ0v) is 27.2. The number of rotatable bonds is 14. The third-order valence-corrected chi connectivity index (χ3v) is 9.14. The number of hydrazone groups is 1. The smallest absolute Gasteiger partial charge is 0.300 e. The quantitative estimate of drug-likeness (QED) is 0.0514.